The number of piperidine rings is 1. The van der Waals surface area contributed by atoms with Crippen molar-refractivity contribution in [3.05, 3.63) is 42.0 Å². The van der Waals surface area contributed by atoms with E-state index in [0.29, 0.717) is 18.2 Å². The van der Waals surface area contributed by atoms with Crippen LogP contribution in [0.2, 0.25) is 0 Å². The average Bonchev–Trinajstić information content (AvgIpc) is 3.10. The highest BCUT2D eigenvalue weighted by Gasteiger charge is 2.26. The first kappa shape index (κ1) is 16.4. The van der Waals surface area contributed by atoms with E-state index in [1.807, 2.05) is 29.2 Å². The van der Waals surface area contributed by atoms with E-state index in [1.54, 1.807) is 20.5 Å². The summed E-state index contributed by atoms with van der Waals surface area (Å²) in [5.41, 5.74) is 0.693. The lowest BCUT2D eigenvalue weighted by Gasteiger charge is -2.33. The first-order valence-electron chi connectivity index (χ1n) is 8.03. The zero-order valence-corrected chi connectivity index (χ0v) is 14.0. The molecule has 1 fully saturated rings. The number of rotatable bonds is 5. The molecule has 0 saturated carbocycles. The third-order valence-electron chi connectivity index (χ3n) is 4.40. The van der Waals surface area contributed by atoms with E-state index < -0.39 is 0 Å². The Hall–Kier alpha value is -2.41. The van der Waals surface area contributed by atoms with E-state index in [4.69, 9.17) is 9.47 Å². The molecule has 2 aromatic rings. The number of hydrogen-bond donors (Lipinski definition) is 0. The molecule has 0 aliphatic carbocycles. The second-order valence-corrected chi connectivity index (χ2v) is 5.84. The van der Waals surface area contributed by atoms with Gasteiger partial charge < -0.3 is 18.9 Å². The zero-order valence-electron chi connectivity index (χ0n) is 14.0. The summed E-state index contributed by atoms with van der Waals surface area (Å²) in [5, 5.41) is 8.07. The van der Waals surface area contributed by atoms with E-state index in [1.165, 1.54) is 0 Å². The van der Waals surface area contributed by atoms with Crippen LogP contribution >= 0.6 is 0 Å². The molecule has 0 unspecified atom stereocenters. The van der Waals surface area contributed by atoms with Crippen LogP contribution in [0.25, 0.3) is 0 Å². The Bertz CT molecular complexity index is 675. The Labute approximate surface area is 141 Å². The molecule has 1 amide bonds. The predicted octanol–water partition coefficient (Wildman–Crippen LogP) is 1.91. The highest BCUT2D eigenvalue weighted by molar-refractivity contribution is 5.94. The van der Waals surface area contributed by atoms with Crippen LogP contribution in [-0.4, -0.2) is 52.9 Å². The minimum atomic E-state index is 0.0666. The fraction of sp³-hybridized carbons (Fsp3) is 0.471. The van der Waals surface area contributed by atoms with Gasteiger partial charge in [-0.15, -0.1) is 10.2 Å². The summed E-state index contributed by atoms with van der Waals surface area (Å²) >= 11 is 0. The van der Waals surface area contributed by atoms with Gasteiger partial charge in [0, 0.05) is 31.8 Å². The van der Waals surface area contributed by atoms with Crippen molar-refractivity contribution in [2.24, 2.45) is 0 Å². The third kappa shape index (κ3) is 3.41. The molecule has 3 rings (SSSR count). The van der Waals surface area contributed by atoms with Crippen LogP contribution in [0.4, 0.5) is 0 Å². The van der Waals surface area contributed by atoms with E-state index >= 15 is 0 Å². The monoisotopic (exact) mass is 330 g/mol. The molecular formula is C17H22N4O3. The molecule has 0 bridgehead atoms. The average molecular weight is 330 g/mol. The van der Waals surface area contributed by atoms with Crippen molar-refractivity contribution in [3.8, 4) is 5.75 Å². The summed E-state index contributed by atoms with van der Waals surface area (Å²) in [4.78, 5) is 14.5. The molecular weight excluding hydrogens is 308 g/mol. The molecule has 1 aliphatic rings. The van der Waals surface area contributed by atoms with Gasteiger partial charge >= 0.3 is 0 Å². The lowest BCUT2D eigenvalue weighted by Crippen LogP contribution is -2.39. The second-order valence-electron chi connectivity index (χ2n) is 5.84. The fourth-order valence-electron chi connectivity index (χ4n) is 3.07. The summed E-state index contributed by atoms with van der Waals surface area (Å²) in [6.07, 6.45) is 3.52. The minimum absolute atomic E-state index is 0.0666. The van der Waals surface area contributed by atoms with E-state index in [2.05, 4.69) is 14.8 Å². The summed E-state index contributed by atoms with van der Waals surface area (Å²) in [7, 11) is 3.26. The number of methoxy groups -OCH3 is 2. The summed E-state index contributed by atoms with van der Waals surface area (Å²) in [6.45, 7) is 1.89. The minimum Gasteiger partial charge on any atom is -0.497 e. The van der Waals surface area contributed by atoms with Crippen LogP contribution in [0.15, 0.2) is 30.6 Å². The quantitative estimate of drug-likeness (QED) is 0.837. The fourth-order valence-corrected chi connectivity index (χ4v) is 3.07. The number of nitrogens with zero attached hydrogens (tertiary/aromatic N) is 4. The molecule has 24 heavy (non-hydrogen) atoms. The Balaban J connectivity index is 1.61. The number of ether oxygens (including phenoxy) is 2. The summed E-state index contributed by atoms with van der Waals surface area (Å²) < 4.78 is 12.4. The van der Waals surface area contributed by atoms with Crippen LogP contribution in [0.3, 0.4) is 0 Å². The van der Waals surface area contributed by atoms with Crippen molar-refractivity contribution in [1.82, 2.24) is 19.7 Å². The molecule has 1 aromatic heterocycles. The van der Waals surface area contributed by atoms with Crippen molar-refractivity contribution in [2.75, 3.05) is 27.3 Å². The van der Waals surface area contributed by atoms with Gasteiger partial charge in [-0.1, -0.05) is 0 Å². The Morgan fingerprint density at radius 3 is 2.54 bits per heavy atom. The molecule has 0 N–H and O–H groups in total. The maximum atomic E-state index is 12.6. The van der Waals surface area contributed by atoms with Crippen LogP contribution in [0.5, 0.6) is 5.75 Å². The lowest BCUT2D eigenvalue weighted by atomic mass is 10.0. The third-order valence-corrected chi connectivity index (χ3v) is 4.40. The predicted molar refractivity (Wildman–Crippen MR) is 87.9 cm³/mol. The number of likely N-dealkylation sites (tertiary alicyclic amines) is 1. The van der Waals surface area contributed by atoms with Gasteiger partial charge in [0.15, 0.2) is 5.82 Å². The summed E-state index contributed by atoms with van der Waals surface area (Å²) in [6, 6.07) is 7.56. The van der Waals surface area contributed by atoms with Gasteiger partial charge in [0.05, 0.1) is 7.11 Å². The molecule has 0 spiro atoms. The van der Waals surface area contributed by atoms with Crippen molar-refractivity contribution < 1.29 is 14.3 Å². The first-order valence-corrected chi connectivity index (χ1v) is 8.03. The van der Waals surface area contributed by atoms with Crippen molar-refractivity contribution in [2.45, 2.75) is 25.5 Å². The van der Waals surface area contributed by atoms with Gasteiger partial charge in [-0.2, -0.15) is 0 Å². The molecule has 1 aromatic carbocycles. The topological polar surface area (TPSA) is 69.5 Å². The SMILES string of the molecule is COCc1nncn1C1CCN(C(=O)c2ccc(OC)cc2)CC1. The molecule has 1 saturated heterocycles. The normalized spacial score (nSPS) is 15.5. The Kier molecular flexibility index (Phi) is 5.10. The number of aromatic nitrogens is 3. The van der Waals surface area contributed by atoms with Gasteiger partial charge in [0.1, 0.15) is 18.7 Å². The van der Waals surface area contributed by atoms with Crippen LogP contribution < -0.4 is 4.74 Å². The second kappa shape index (κ2) is 7.44. The number of benzene rings is 1. The van der Waals surface area contributed by atoms with E-state index in [9.17, 15) is 4.79 Å². The summed E-state index contributed by atoms with van der Waals surface area (Å²) in [5.74, 6) is 1.65. The number of amides is 1. The highest BCUT2D eigenvalue weighted by atomic mass is 16.5. The molecule has 1 aliphatic heterocycles. The number of carbonyl (C=O) groups is 1. The highest BCUT2D eigenvalue weighted by Crippen LogP contribution is 2.25. The zero-order chi connectivity index (χ0) is 16.9. The van der Waals surface area contributed by atoms with Crippen molar-refractivity contribution in [1.29, 1.82) is 0 Å². The van der Waals surface area contributed by atoms with E-state index in [-0.39, 0.29) is 5.91 Å². The van der Waals surface area contributed by atoms with Crippen LogP contribution in [-0.2, 0) is 11.3 Å². The smallest absolute Gasteiger partial charge is 0.253 e. The van der Waals surface area contributed by atoms with E-state index in [0.717, 1.165) is 37.5 Å². The largest absolute Gasteiger partial charge is 0.497 e. The molecule has 2 heterocycles. The van der Waals surface area contributed by atoms with Crippen molar-refractivity contribution >= 4 is 5.91 Å². The molecule has 7 nitrogen and oxygen atoms in total. The number of carbonyl (C=O) groups excluding carboxylic acids is 1. The molecule has 128 valence electrons. The molecule has 0 atom stereocenters. The maximum absolute atomic E-state index is 12.6. The molecule has 0 radical (unpaired) electrons. The van der Waals surface area contributed by atoms with Crippen molar-refractivity contribution in [3.63, 3.8) is 0 Å². The lowest BCUT2D eigenvalue weighted by molar-refractivity contribution is 0.0690. The Morgan fingerprint density at radius 1 is 1.21 bits per heavy atom. The number of hydrogen-bond acceptors (Lipinski definition) is 5. The van der Waals surface area contributed by atoms with Gasteiger partial charge in [-0.05, 0) is 37.1 Å². The van der Waals surface area contributed by atoms with Gasteiger partial charge in [0.2, 0.25) is 0 Å². The van der Waals surface area contributed by atoms with Gasteiger partial charge in [-0.3, -0.25) is 4.79 Å². The first-order chi connectivity index (χ1) is 11.7. The van der Waals surface area contributed by atoms with Crippen LogP contribution in [0.1, 0.15) is 35.1 Å². The maximum Gasteiger partial charge on any atom is 0.253 e. The van der Waals surface area contributed by atoms with Crippen LogP contribution in [0, 0.1) is 0 Å². The van der Waals surface area contributed by atoms with Gasteiger partial charge in [0.25, 0.3) is 5.91 Å². The molecule has 7 heteroatoms. The standard InChI is InChI=1S/C17H22N4O3/c1-23-11-16-19-18-12-21(16)14-7-9-20(10-8-14)17(22)13-3-5-15(24-2)6-4-13/h3-6,12,14H,7-11H2,1-2H3. The van der Waals surface area contributed by atoms with Gasteiger partial charge in [-0.25, -0.2) is 0 Å². The Morgan fingerprint density at radius 2 is 1.92 bits per heavy atom.